The van der Waals surface area contributed by atoms with Crippen LogP contribution >= 0.6 is 0 Å². The van der Waals surface area contributed by atoms with Crippen molar-refractivity contribution < 1.29 is 9.53 Å². The van der Waals surface area contributed by atoms with Crippen molar-refractivity contribution >= 4 is 11.7 Å². The summed E-state index contributed by atoms with van der Waals surface area (Å²) in [6.45, 7) is 2.83. The molecule has 6 heteroatoms. The number of piperazine rings is 1. The number of ether oxygens (including phenoxy) is 1. The number of aromatic nitrogens is 2. The molecule has 0 bridgehead atoms. The number of amides is 1. The maximum Gasteiger partial charge on any atom is 0.253 e. The van der Waals surface area contributed by atoms with E-state index in [1.165, 1.54) is 0 Å². The van der Waals surface area contributed by atoms with E-state index in [0.29, 0.717) is 24.4 Å². The maximum atomic E-state index is 12.8. The zero-order valence-electron chi connectivity index (χ0n) is 14.9. The van der Waals surface area contributed by atoms with Gasteiger partial charge in [-0.05, 0) is 36.4 Å². The van der Waals surface area contributed by atoms with Gasteiger partial charge in [0.15, 0.2) is 0 Å². The maximum absolute atomic E-state index is 12.8. The topological polar surface area (TPSA) is 58.6 Å². The Morgan fingerprint density at radius 2 is 1.56 bits per heavy atom. The summed E-state index contributed by atoms with van der Waals surface area (Å²) >= 11 is 0. The molecule has 0 spiro atoms. The van der Waals surface area contributed by atoms with Crippen molar-refractivity contribution in [3.63, 3.8) is 0 Å². The molecule has 3 aromatic rings. The lowest BCUT2D eigenvalue weighted by atomic mass is 10.1. The minimum Gasteiger partial charge on any atom is -0.457 e. The van der Waals surface area contributed by atoms with E-state index in [1.54, 1.807) is 18.6 Å². The van der Waals surface area contributed by atoms with Gasteiger partial charge in [0.05, 0.1) is 6.20 Å². The average Bonchev–Trinajstić information content (AvgIpc) is 2.75. The number of para-hydroxylation sites is 1. The monoisotopic (exact) mass is 360 g/mol. The lowest BCUT2D eigenvalue weighted by Crippen LogP contribution is -2.49. The number of nitrogens with zero attached hydrogens (tertiary/aromatic N) is 4. The molecule has 0 unspecified atom stereocenters. The normalized spacial score (nSPS) is 14.1. The molecule has 1 saturated heterocycles. The van der Waals surface area contributed by atoms with Gasteiger partial charge in [-0.25, -0.2) is 4.98 Å². The van der Waals surface area contributed by atoms with Crippen molar-refractivity contribution in [3.8, 4) is 11.5 Å². The summed E-state index contributed by atoms with van der Waals surface area (Å²) in [6, 6.07) is 16.9. The van der Waals surface area contributed by atoms with Crippen molar-refractivity contribution in [1.29, 1.82) is 0 Å². The molecule has 1 aliphatic rings. The fourth-order valence-electron chi connectivity index (χ4n) is 3.07. The molecule has 27 heavy (non-hydrogen) atoms. The highest BCUT2D eigenvalue weighted by Crippen LogP contribution is 2.22. The Balaban J connectivity index is 1.36. The molecule has 2 heterocycles. The van der Waals surface area contributed by atoms with Crippen LogP contribution < -0.4 is 9.64 Å². The molecule has 4 rings (SSSR count). The fraction of sp³-hybridized carbons (Fsp3) is 0.190. The van der Waals surface area contributed by atoms with E-state index in [-0.39, 0.29) is 5.91 Å². The van der Waals surface area contributed by atoms with Gasteiger partial charge in [0.2, 0.25) is 0 Å². The van der Waals surface area contributed by atoms with Crippen LogP contribution in [-0.4, -0.2) is 47.0 Å². The molecule has 1 fully saturated rings. The Morgan fingerprint density at radius 3 is 2.22 bits per heavy atom. The smallest absolute Gasteiger partial charge is 0.253 e. The van der Waals surface area contributed by atoms with Crippen LogP contribution in [-0.2, 0) is 0 Å². The van der Waals surface area contributed by atoms with Gasteiger partial charge in [-0.2, -0.15) is 0 Å². The Bertz CT molecular complexity index is 877. The Hall–Kier alpha value is -3.41. The third kappa shape index (κ3) is 4.06. The van der Waals surface area contributed by atoms with Crippen molar-refractivity contribution in [2.45, 2.75) is 0 Å². The molecule has 1 aliphatic heterocycles. The Kier molecular flexibility index (Phi) is 4.96. The summed E-state index contributed by atoms with van der Waals surface area (Å²) in [6.07, 6.45) is 5.10. The van der Waals surface area contributed by atoms with Crippen LogP contribution in [0.25, 0.3) is 0 Å². The number of rotatable bonds is 4. The van der Waals surface area contributed by atoms with Gasteiger partial charge in [0.25, 0.3) is 5.91 Å². The number of anilines is 1. The summed E-state index contributed by atoms with van der Waals surface area (Å²) in [7, 11) is 0. The van der Waals surface area contributed by atoms with Gasteiger partial charge in [0, 0.05) is 44.1 Å². The summed E-state index contributed by atoms with van der Waals surface area (Å²) in [5, 5.41) is 0. The quantitative estimate of drug-likeness (QED) is 0.715. The number of hydrogen-bond donors (Lipinski definition) is 0. The molecule has 1 amide bonds. The fourth-order valence-corrected chi connectivity index (χ4v) is 3.07. The first-order chi connectivity index (χ1) is 13.3. The molecule has 0 saturated carbocycles. The minimum atomic E-state index is 0.0417. The van der Waals surface area contributed by atoms with Gasteiger partial charge in [-0.1, -0.05) is 18.2 Å². The zero-order chi connectivity index (χ0) is 18.5. The molecule has 6 nitrogen and oxygen atoms in total. The van der Waals surface area contributed by atoms with E-state index in [4.69, 9.17) is 4.74 Å². The standard InChI is InChI=1S/C21H20N4O2/c26-21(25-14-12-24(13-15-25)20-16-22-10-11-23-20)17-6-8-19(9-7-17)27-18-4-2-1-3-5-18/h1-11,16H,12-15H2. The Labute approximate surface area is 158 Å². The highest BCUT2D eigenvalue weighted by atomic mass is 16.5. The third-order valence-electron chi connectivity index (χ3n) is 4.52. The van der Waals surface area contributed by atoms with Crippen molar-refractivity contribution in [1.82, 2.24) is 14.9 Å². The van der Waals surface area contributed by atoms with Crippen LogP contribution in [0.3, 0.4) is 0 Å². The van der Waals surface area contributed by atoms with Crippen LogP contribution in [0.4, 0.5) is 5.82 Å². The van der Waals surface area contributed by atoms with Gasteiger partial charge in [0.1, 0.15) is 17.3 Å². The first-order valence-corrected chi connectivity index (χ1v) is 8.93. The van der Waals surface area contributed by atoms with E-state index in [9.17, 15) is 4.79 Å². The second-order valence-corrected chi connectivity index (χ2v) is 6.28. The molecule has 0 N–H and O–H groups in total. The van der Waals surface area contributed by atoms with Crippen LogP contribution in [0.15, 0.2) is 73.2 Å². The first-order valence-electron chi connectivity index (χ1n) is 8.93. The third-order valence-corrected chi connectivity index (χ3v) is 4.52. The zero-order valence-corrected chi connectivity index (χ0v) is 14.9. The van der Waals surface area contributed by atoms with E-state index in [0.717, 1.165) is 24.7 Å². The largest absolute Gasteiger partial charge is 0.457 e. The lowest BCUT2D eigenvalue weighted by Gasteiger charge is -2.35. The second-order valence-electron chi connectivity index (χ2n) is 6.28. The van der Waals surface area contributed by atoms with Crippen LogP contribution in [0, 0.1) is 0 Å². The highest BCUT2D eigenvalue weighted by molar-refractivity contribution is 5.94. The summed E-state index contributed by atoms with van der Waals surface area (Å²) in [4.78, 5) is 25.2. The van der Waals surface area contributed by atoms with Gasteiger partial charge in [-0.3, -0.25) is 9.78 Å². The lowest BCUT2D eigenvalue weighted by molar-refractivity contribution is 0.0746. The van der Waals surface area contributed by atoms with Crippen molar-refractivity contribution in [3.05, 3.63) is 78.8 Å². The van der Waals surface area contributed by atoms with Crippen molar-refractivity contribution in [2.24, 2.45) is 0 Å². The van der Waals surface area contributed by atoms with Crippen LogP contribution in [0.2, 0.25) is 0 Å². The second kappa shape index (κ2) is 7.86. The molecular weight excluding hydrogens is 340 g/mol. The number of hydrogen-bond acceptors (Lipinski definition) is 5. The molecule has 0 aliphatic carbocycles. The van der Waals surface area contributed by atoms with Crippen LogP contribution in [0.1, 0.15) is 10.4 Å². The molecule has 2 aromatic carbocycles. The van der Waals surface area contributed by atoms with Crippen LogP contribution in [0.5, 0.6) is 11.5 Å². The minimum absolute atomic E-state index is 0.0417. The summed E-state index contributed by atoms with van der Waals surface area (Å²) in [5.74, 6) is 2.38. The highest BCUT2D eigenvalue weighted by Gasteiger charge is 2.22. The molecule has 1 aromatic heterocycles. The SMILES string of the molecule is O=C(c1ccc(Oc2ccccc2)cc1)N1CCN(c2cnccn2)CC1. The predicted molar refractivity (Wildman–Crippen MR) is 103 cm³/mol. The summed E-state index contributed by atoms with van der Waals surface area (Å²) < 4.78 is 5.78. The molecule has 0 atom stereocenters. The number of carbonyl (C=O) groups is 1. The van der Waals surface area contributed by atoms with Gasteiger partial charge in [-0.15, -0.1) is 0 Å². The number of carbonyl (C=O) groups excluding carboxylic acids is 1. The van der Waals surface area contributed by atoms with E-state index >= 15 is 0 Å². The van der Waals surface area contributed by atoms with E-state index < -0.39 is 0 Å². The Morgan fingerprint density at radius 1 is 0.852 bits per heavy atom. The summed E-state index contributed by atoms with van der Waals surface area (Å²) in [5.41, 5.74) is 0.670. The molecular formula is C21H20N4O2. The molecule has 0 radical (unpaired) electrons. The number of benzene rings is 2. The first kappa shape index (κ1) is 17.0. The van der Waals surface area contributed by atoms with E-state index in [1.807, 2.05) is 59.5 Å². The molecule has 136 valence electrons. The average molecular weight is 360 g/mol. The van der Waals surface area contributed by atoms with Crippen molar-refractivity contribution in [2.75, 3.05) is 31.1 Å². The van der Waals surface area contributed by atoms with Gasteiger partial charge >= 0.3 is 0 Å². The van der Waals surface area contributed by atoms with E-state index in [2.05, 4.69) is 14.9 Å². The van der Waals surface area contributed by atoms with Gasteiger partial charge < -0.3 is 14.5 Å². The predicted octanol–water partition coefficient (Wildman–Crippen LogP) is 3.23.